The van der Waals surface area contributed by atoms with Crippen LogP contribution in [0.2, 0.25) is 0 Å². The summed E-state index contributed by atoms with van der Waals surface area (Å²) in [5.41, 5.74) is 6.45. The summed E-state index contributed by atoms with van der Waals surface area (Å²) < 4.78 is 0. The predicted octanol–water partition coefficient (Wildman–Crippen LogP) is 2.35. The molecular formula is C11H14N4S. The quantitative estimate of drug-likeness (QED) is 0.855. The highest BCUT2D eigenvalue weighted by Gasteiger charge is 2.00. The van der Waals surface area contributed by atoms with Crippen molar-refractivity contribution in [2.45, 2.75) is 20.4 Å². The van der Waals surface area contributed by atoms with Crippen molar-refractivity contribution in [1.29, 1.82) is 0 Å². The van der Waals surface area contributed by atoms with E-state index in [1.54, 1.807) is 11.3 Å². The van der Waals surface area contributed by atoms with Gasteiger partial charge in [-0.15, -0.1) is 11.3 Å². The maximum Gasteiger partial charge on any atom is 0.222 e. The maximum atomic E-state index is 5.57. The molecule has 0 saturated carbocycles. The number of nitrogens with one attached hydrogen (secondary N) is 1. The van der Waals surface area contributed by atoms with E-state index in [0.717, 1.165) is 18.1 Å². The van der Waals surface area contributed by atoms with Gasteiger partial charge in [0.1, 0.15) is 5.82 Å². The van der Waals surface area contributed by atoms with Gasteiger partial charge in [0.2, 0.25) is 5.95 Å². The molecule has 3 N–H and O–H groups in total. The van der Waals surface area contributed by atoms with Crippen molar-refractivity contribution >= 4 is 23.1 Å². The van der Waals surface area contributed by atoms with Crippen molar-refractivity contribution in [1.82, 2.24) is 9.97 Å². The van der Waals surface area contributed by atoms with Gasteiger partial charge in [-0.1, -0.05) is 0 Å². The van der Waals surface area contributed by atoms with Crippen molar-refractivity contribution in [2.24, 2.45) is 0 Å². The van der Waals surface area contributed by atoms with Crippen LogP contribution in [0.15, 0.2) is 18.2 Å². The SMILES string of the molecule is Cc1cc(NCc2ccc(C)s2)nc(N)n1. The van der Waals surface area contributed by atoms with Crippen LogP contribution in [0.25, 0.3) is 0 Å². The second-order valence-corrected chi connectivity index (χ2v) is 4.99. The molecule has 0 aliphatic rings. The van der Waals surface area contributed by atoms with Crippen LogP contribution < -0.4 is 11.1 Å². The number of aromatic nitrogens is 2. The smallest absolute Gasteiger partial charge is 0.222 e. The highest BCUT2D eigenvalue weighted by atomic mass is 32.1. The normalized spacial score (nSPS) is 10.4. The van der Waals surface area contributed by atoms with Crippen LogP contribution in [0.3, 0.4) is 0 Å². The first-order valence-electron chi connectivity index (χ1n) is 5.04. The van der Waals surface area contributed by atoms with E-state index in [2.05, 4.69) is 34.3 Å². The number of anilines is 2. The number of aryl methyl sites for hydroxylation is 2. The molecule has 2 aromatic rings. The average molecular weight is 234 g/mol. The Bertz CT molecular complexity index is 472. The first-order valence-corrected chi connectivity index (χ1v) is 5.85. The second kappa shape index (κ2) is 4.49. The third-order valence-corrected chi connectivity index (χ3v) is 3.11. The van der Waals surface area contributed by atoms with E-state index in [-0.39, 0.29) is 0 Å². The largest absolute Gasteiger partial charge is 0.368 e. The van der Waals surface area contributed by atoms with Crippen LogP contribution in [0, 0.1) is 13.8 Å². The van der Waals surface area contributed by atoms with Gasteiger partial charge in [-0.3, -0.25) is 0 Å². The Morgan fingerprint density at radius 3 is 2.75 bits per heavy atom. The molecule has 0 spiro atoms. The van der Waals surface area contributed by atoms with Gasteiger partial charge < -0.3 is 11.1 Å². The number of nitrogens with zero attached hydrogens (tertiary/aromatic N) is 2. The number of hydrogen-bond donors (Lipinski definition) is 2. The molecule has 0 saturated heterocycles. The Hall–Kier alpha value is -1.62. The lowest BCUT2D eigenvalue weighted by Gasteiger charge is -2.05. The van der Waals surface area contributed by atoms with Crippen LogP contribution in [0.1, 0.15) is 15.4 Å². The summed E-state index contributed by atoms with van der Waals surface area (Å²) in [4.78, 5) is 10.7. The maximum absolute atomic E-state index is 5.57. The zero-order chi connectivity index (χ0) is 11.5. The summed E-state index contributed by atoms with van der Waals surface area (Å²) in [6.07, 6.45) is 0. The fourth-order valence-electron chi connectivity index (χ4n) is 1.44. The van der Waals surface area contributed by atoms with Gasteiger partial charge in [0.05, 0.1) is 6.54 Å². The minimum Gasteiger partial charge on any atom is -0.368 e. The van der Waals surface area contributed by atoms with Crippen molar-refractivity contribution in [2.75, 3.05) is 11.1 Å². The zero-order valence-electron chi connectivity index (χ0n) is 9.32. The van der Waals surface area contributed by atoms with E-state index in [9.17, 15) is 0 Å². The molecule has 0 atom stereocenters. The molecule has 0 unspecified atom stereocenters. The minimum atomic E-state index is 0.310. The van der Waals surface area contributed by atoms with E-state index in [4.69, 9.17) is 5.73 Å². The van der Waals surface area contributed by atoms with E-state index < -0.39 is 0 Å². The molecular weight excluding hydrogens is 220 g/mol. The highest BCUT2D eigenvalue weighted by Crippen LogP contribution is 2.16. The van der Waals surface area contributed by atoms with E-state index >= 15 is 0 Å². The second-order valence-electron chi connectivity index (χ2n) is 3.62. The van der Waals surface area contributed by atoms with Gasteiger partial charge in [-0.25, -0.2) is 4.98 Å². The Morgan fingerprint density at radius 1 is 1.31 bits per heavy atom. The fraction of sp³-hybridized carbons (Fsp3) is 0.273. The van der Waals surface area contributed by atoms with Gasteiger partial charge in [0.25, 0.3) is 0 Å². The van der Waals surface area contributed by atoms with Gasteiger partial charge in [0, 0.05) is 21.5 Å². The van der Waals surface area contributed by atoms with E-state index in [1.807, 2.05) is 13.0 Å². The molecule has 2 rings (SSSR count). The summed E-state index contributed by atoms with van der Waals surface area (Å²) in [7, 11) is 0. The van der Waals surface area contributed by atoms with Gasteiger partial charge in [0.15, 0.2) is 0 Å². The van der Waals surface area contributed by atoms with Crippen molar-refractivity contribution < 1.29 is 0 Å². The molecule has 84 valence electrons. The summed E-state index contributed by atoms with van der Waals surface area (Å²) in [5.74, 6) is 1.08. The third kappa shape index (κ3) is 2.70. The molecule has 0 aliphatic carbocycles. The van der Waals surface area contributed by atoms with Crippen LogP contribution in [0.4, 0.5) is 11.8 Å². The Balaban J connectivity index is 2.04. The monoisotopic (exact) mass is 234 g/mol. The molecule has 0 aliphatic heterocycles. The topological polar surface area (TPSA) is 63.8 Å². The first kappa shape index (κ1) is 10.9. The first-order chi connectivity index (χ1) is 7.63. The molecule has 0 fully saturated rings. The molecule has 2 aromatic heterocycles. The van der Waals surface area contributed by atoms with Crippen molar-refractivity contribution in [3.63, 3.8) is 0 Å². The standard InChI is InChI=1S/C11H14N4S/c1-7-5-10(15-11(12)14-7)13-6-9-4-3-8(2)16-9/h3-5H,6H2,1-2H3,(H3,12,13,14,15). The summed E-state index contributed by atoms with van der Waals surface area (Å²) in [5, 5.41) is 3.24. The van der Waals surface area contributed by atoms with Crippen molar-refractivity contribution in [3.8, 4) is 0 Å². The number of nitrogen functional groups attached to an aromatic ring is 1. The third-order valence-electron chi connectivity index (χ3n) is 2.11. The summed E-state index contributed by atoms with van der Waals surface area (Å²) in [6.45, 7) is 4.77. The van der Waals surface area contributed by atoms with Gasteiger partial charge >= 0.3 is 0 Å². The Kier molecular flexibility index (Phi) is 3.05. The fourth-order valence-corrected chi connectivity index (χ4v) is 2.27. The molecule has 0 aromatic carbocycles. The lowest BCUT2D eigenvalue weighted by molar-refractivity contribution is 1.08. The molecule has 0 radical (unpaired) electrons. The highest BCUT2D eigenvalue weighted by molar-refractivity contribution is 7.11. The zero-order valence-corrected chi connectivity index (χ0v) is 10.1. The minimum absolute atomic E-state index is 0.310. The predicted molar refractivity (Wildman–Crippen MR) is 67.6 cm³/mol. The number of rotatable bonds is 3. The van der Waals surface area contributed by atoms with Crippen LogP contribution in [-0.2, 0) is 6.54 Å². The van der Waals surface area contributed by atoms with Gasteiger partial charge in [-0.2, -0.15) is 4.98 Å². The molecule has 5 heteroatoms. The number of hydrogen-bond acceptors (Lipinski definition) is 5. The van der Waals surface area contributed by atoms with Gasteiger partial charge in [-0.05, 0) is 26.0 Å². The number of nitrogens with two attached hydrogens (primary N) is 1. The molecule has 2 heterocycles. The number of thiophene rings is 1. The summed E-state index contributed by atoms with van der Waals surface area (Å²) in [6, 6.07) is 6.11. The molecule has 0 bridgehead atoms. The van der Waals surface area contributed by atoms with E-state index in [1.165, 1.54) is 9.75 Å². The lowest BCUT2D eigenvalue weighted by atomic mass is 10.4. The molecule has 0 amide bonds. The molecule has 16 heavy (non-hydrogen) atoms. The lowest BCUT2D eigenvalue weighted by Crippen LogP contribution is -2.04. The van der Waals surface area contributed by atoms with Crippen molar-refractivity contribution in [3.05, 3.63) is 33.6 Å². The Labute approximate surface area is 98.6 Å². The van der Waals surface area contributed by atoms with Crippen LogP contribution in [0.5, 0.6) is 0 Å². The van der Waals surface area contributed by atoms with Crippen LogP contribution in [-0.4, -0.2) is 9.97 Å². The Morgan fingerprint density at radius 2 is 2.12 bits per heavy atom. The summed E-state index contributed by atoms with van der Waals surface area (Å²) >= 11 is 1.78. The van der Waals surface area contributed by atoms with E-state index in [0.29, 0.717) is 5.95 Å². The average Bonchev–Trinajstić information content (AvgIpc) is 2.60. The van der Waals surface area contributed by atoms with Crippen LogP contribution >= 0.6 is 11.3 Å². The molecule has 4 nitrogen and oxygen atoms in total.